The minimum Gasteiger partial charge on any atom is -0.479 e. The second-order valence-corrected chi connectivity index (χ2v) is 6.21. The molecule has 0 bridgehead atoms. The average Bonchev–Trinajstić information content (AvgIpc) is 2.55. The lowest BCUT2D eigenvalue weighted by Crippen LogP contribution is -2.37. The van der Waals surface area contributed by atoms with Gasteiger partial charge in [-0.25, -0.2) is 4.98 Å². The Morgan fingerprint density at radius 3 is 2.86 bits per heavy atom. The fourth-order valence-electron chi connectivity index (χ4n) is 2.08. The molecule has 1 atom stereocenters. The third-order valence-corrected chi connectivity index (χ3v) is 4.43. The summed E-state index contributed by atoms with van der Waals surface area (Å²) in [6, 6.07) is 11.4. The summed E-state index contributed by atoms with van der Waals surface area (Å²) in [5, 5.41) is 2.80. The van der Waals surface area contributed by atoms with Crippen molar-refractivity contribution >= 4 is 29.2 Å². The summed E-state index contributed by atoms with van der Waals surface area (Å²) < 4.78 is 5.76. The quantitative estimate of drug-likeness (QED) is 0.943. The van der Waals surface area contributed by atoms with E-state index in [1.54, 1.807) is 24.0 Å². The number of rotatable bonds is 3. The van der Waals surface area contributed by atoms with E-state index in [1.165, 1.54) is 0 Å². The fourth-order valence-corrected chi connectivity index (χ4v) is 3.06. The summed E-state index contributed by atoms with van der Waals surface area (Å²) in [6.07, 6.45) is 1.22. The first-order chi connectivity index (χ1) is 10.6. The predicted octanol–water partition coefficient (Wildman–Crippen LogP) is 2.64. The third kappa shape index (κ3) is 3.17. The molecular formula is C16H17N3O2S. The van der Waals surface area contributed by atoms with Gasteiger partial charge in [0.15, 0.2) is 6.10 Å². The maximum atomic E-state index is 12.3. The van der Waals surface area contributed by atoms with E-state index in [0.717, 1.165) is 16.3 Å². The number of pyridine rings is 1. The van der Waals surface area contributed by atoms with E-state index in [9.17, 15) is 4.79 Å². The molecule has 3 rings (SSSR count). The summed E-state index contributed by atoms with van der Waals surface area (Å²) in [5.74, 6) is 1.71. The van der Waals surface area contributed by atoms with E-state index in [0.29, 0.717) is 11.6 Å². The van der Waals surface area contributed by atoms with Gasteiger partial charge in [-0.2, -0.15) is 0 Å². The third-order valence-electron chi connectivity index (χ3n) is 3.32. The zero-order chi connectivity index (χ0) is 15.5. The summed E-state index contributed by atoms with van der Waals surface area (Å²) in [5.41, 5.74) is 0.983. The Bertz CT molecular complexity index is 673. The molecule has 1 aliphatic heterocycles. The van der Waals surface area contributed by atoms with Gasteiger partial charge in [0.05, 0.1) is 11.9 Å². The molecule has 22 heavy (non-hydrogen) atoms. The zero-order valence-electron chi connectivity index (χ0n) is 12.4. The number of carbonyl (C=O) groups excluding carboxylic acids is 1. The Hall–Kier alpha value is -2.21. The van der Waals surface area contributed by atoms with Crippen LogP contribution in [0.4, 0.5) is 11.5 Å². The number of thioether (sulfide) groups is 1. The highest BCUT2D eigenvalue weighted by Gasteiger charge is 2.26. The Morgan fingerprint density at radius 2 is 2.14 bits per heavy atom. The molecule has 0 unspecified atom stereocenters. The summed E-state index contributed by atoms with van der Waals surface area (Å²) in [4.78, 5) is 19.6. The van der Waals surface area contributed by atoms with Crippen LogP contribution < -0.4 is 15.0 Å². The molecule has 0 spiro atoms. The van der Waals surface area contributed by atoms with Crippen molar-refractivity contribution in [2.45, 2.75) is 11.0 Å². The molecule has 1 amide bonds. The summed E-state index contributed by atoms with van der Waals surface area (Å²) in [6.45, 7) is 0. The molecule has 0 saturated carbocycles. The van der Waals surface area contributed by atoms with Crippen molar-refractivity contribution < 1.29 is 9.53 Å². The molecule has 0 saturated heterocycles. The molecule has 2 aromatic rings. The number of aromatic nitrogens is 1. The average molecular weight is 315 g/mol. The van der Waals surface area contributed by atoms with Crippen molar-refractivity contribution in [1.29, 1.82) is 0 Å². The van der Waals surface area contributed by atoms with E-state index < -0.39 is 6.10 Å². The summed E-state index contributed by atoms with van der Waals surface area (Å²) >= 11 is 1.63. The molecule has 1 aromatic heterocycles. The van der Waals surface area contributed by atoms with E-state index in [4.69, 9.17) is 4.74 Å². The Kier molecular flexibility index (Phi) is 4.20. The molecular weight excluding hydrogens is 298 g/mol. The van der Waals surface area contributed by atoms with Gasteiger partial charge in [-0.3, -0.25) is 4.79 Å². The van der Waals surface area contributed by atoms with Gasteiger partial charge in [-0.05, 0) is 24.3 Å². The van der Waals surface area contributed by atoms with Gasteiger partial charge in [0.2, 0.25) is 0 Å². The number of nitrogens with zero attached hydrogens (tertiary/aromatic N) is 2. The molecule has 114 valence electrons. The lowest BCUT2D eigenvalue weighted by molar-refractivity contribution is -0.122. The fraction of sp³-hybridized carbons (Fsp3) is 0.250. The smallest absolute Gasteiger partial charge is 0.267 e. The lowest BCUT2D eigenvalue weighted by atomic mass is 10.3. The Labute approximate surface area is 133 Å². The molecule has 0 radical (unpaired) electrons. The molecule has 5 nitrogen and oxygen atoms in total. The number of nitrogens with one attached hydrogen (secondary N) is 1. The van der Waals surface area contributed by atoms with E-state index in [-0.39, 0.29) is 5.91 Å². The van der Waals surface area contributed by atoms with Crippen LogP contribution in [0.5, 0.6) is 5.75 Å². The summed E-state index contributed by atoms with van der Waals surface area (Å²) in [7, 11) is 3.89. The van der Waals surface area contributed by atoms with Crippen molar-refractivity contribution in [2.24, 2.45) is 0 Å². The second-order valence-electron chi connectivity index (χ2n) is 5.15. The van der Waals surface area contributed by atoms with Crippen LogP contribution in [0.2, 0.25) is 0 Å². The minimum atomic E-state index is -0.504. The monoisotopic (exact) mass is 315 g/mol. The molecule has 1 aromatic carbocycles. The molecule has 0 aliphatic carbocycles. The van der Waals surface area contributed by atoms with Crippen LogP contribution in [0, 0.1) is 0 Å². The van der Waals surface area contributed by atoms with Crippen LogP contribution in [0.25, 0.3) is 0 Å². The number of benzene rings is 1. The molecule has 0 fully saturated rings. The van der Waals surface area contributed by atoms with Crippen LogP contribution in [0.15, 0.2) is 47.5 Å². The maximum absolute atomic E-state index is 12.3. The van der Waals surface area contributed by atoms with E-state index in [1.807, 2.05) is 49.3 Å². The van der Waals surface area contributed by atoms with Crippen molar-refractivity contribution in [2.75, 3.05) is 30.1 Å². The minimum absolute atomic E-state index is 0.174. The van der Waals surface area contributed by atoms with Crippen LogP contribution >= 0.6 is 11.8 Å². The number of fused-ring (bicyclic) bond motifs is 1. The van der Waals surface area contributed by atoms with Gasteiger partial charge in [0.1, 0.15) is 11.6 Å². The van der Waals surface area contributed by atoms with Gasteiger partial charge in [-0.1, -0.05) is 12.1 Å². The highest BCUT2D eigenvalue weighted by molar-refractivity contribution is 7.99. The molecule has 6 heteroatoms. The SMILES string of the molecule is CN(C)c1ccc(NC(=O)[C@@H]2CSc3ccccc3O2)nc1. The number of ether oxygens (including phenoxy) is 1. The number of anilines is 2. The van der Waals surface area contributed by atoms with Crippen LogP contribution in [-0.2, 0) is 4.79 Å². The largest absolute Gasteiger partial charge is 0.479 e. The highest BCUT2D eigenvalue weighted by Crippen LogP contribution is 2.35. The predicted molar refractivity (Wildman–Crippen MR) is 88.8 cm³/mol. The van der Waals surface area contributed by atoms with Crippen LogP contribution in [-0.4, -0.2) is 36.8 Å². The Morgan fingerprint density at radius 1 is 1.32 bits per heavy atom. The van der Waals surface area contributed by atoms with Crippen LogP contribution in [0.3, 0.4) is 0 Å². The zero-order valence-corrected chi connectivity index (χ0v) is 13.3. The van der Waals surface area contributed by atoms with Gasteiger partial charge >= 0.3 is 0 Å². The van der Waals surface area contributed by atoms with Gasteiger partial charge < -0.3 is 15.0 Å². The lowest BCUT2D eigenvalue weighted by Gasteiger charge is -2.24. The van der Waals surface area contributed by atoms with E-state index in [2.05, 4.69) is 10.3 Å². The number of para-hydroxylation sites is 1. The first-order valence-electron chi connectivity index (χ1n) is 6.96. The number of hydrogen-bond donors (Lipinski definition) is 1. The van der Waals surface area contributed by atoms with Crippen molar-refractivity contribution in [1.82, 2.24) is 4.98 Å². The first kappa shape index (κ1) is 14.7. The van der Waals surface area contributed by atoms with Gasteiger partial charge in [0, 0.05) is 24.7 Å². The first-order valence-corrected chi connectivity index (χ1v) is 7.95. The number of amides is 1. The van der Waals surface area contributed by atoms with Crippen molar-refractivity contribution in [3.05, 3.63) is 42.6 Å². The second kappa shape index (κ2) is 6.27. The van der Waals surface area contributed by atoms with Crippen molar-refractivity contribution in [3.8, 4) is 5.75 Å². The highest BCUT2D eigenvalue weighted by atomic mass is 32.2. The molecule has 1 N–H and O–H groups in total. The van der Waals surface area contributed by atoms with Gasteiger partial charge in [0.25, 0.3) is 5.91 Å². The van der Waals surface area contributed by atoms with Crippen LogP contribution in [0.1, 0.15) is 0 Å². The maximum Gasteiger partial charge on any atom is 0.267 e. The number of hydrogen-bond acceptors (Lipinski definition) is 5. The van der Waals surface area contributed by atoms with Gasteiger partial charge in [-0.15, -0.1) is 11.8 Å². The van der Waals surface area contributed by atoms with E-state index >= 15 is 0 Å². The normalized spacial score (nSPS) is 16.4. The molecule has 1 aliphatic rings. The topological polar surface area (TPSA) is 54.5 Å². The molecule has 2 heterocycles. The standard InChI is InChI=1S/C16H17N3O2S/c1-19(2)11-7-8-15(17-9-11)18-16(20)13-10-22-14-6-4-3-5-12(14)21-13/h3-9,13H,10H2,1-2H3,(H,17,18,20)/t13-/m0/s1. The van der Waals surface area contributed by atoms with Crippen molar-refractivity contribution in [3.63, 3.8) is 0 Å². The number of carbonyl (C=O) groups is 1. The Balaban J connectivity index is 1.65.